The molecule has 1 atom stereocenters. The maximum Gasteiger partial charge on any atom is 0.219 e. The second kappa shape index (κ2) is 7.49. The highest BCUT2D eigenvalue weighted by atomic mass is 16.5. The summed E-state index contributed by atoms with van der Waals surface area (Å²) >= 11 is 0. The first-order valence-corrected chi connectivity index (χ1v) is 8.85. The van der Waals surface area contributed by atoms with Gasteiger partial charge in [0.25, 0.3) is 0 Å². The molecule has 3 heteroatoms. The second-order valence-electron chi connectivity index (χ2n) is 6.46. The summed E-state index contributed by atoms with van der Waals surface area (Å²) in [5.74, 6) is 1.46. The van der Waals surface area contributed by atoms with E-state index in [0.29, 0.717) is 11.9 Å². The van der Waals surface area contributed by atoms with Crippen LogP contribution in [0.2, 0.25) is 0 Å². The van der Waals surface area contributed by atoms with Crippen molar-refractivity contribution in [2.75, 3.05) is 6.54 Å². The lowest BCUT2D eigenvalue weighted by atomic mass is 10.1. The van der Waals surface area contributed by atoms with Crippen LogP contribution in [0, 0.1) is 0 Å². The smallest absolute Gasteiger partial charge is 0.219 e. The first-order valence-electron chi connectivity index (χ1n) is 8.85. The number of pyridine rings is 1. The van der Waals surface area contributed by atoms with Gasteiger partial charge in [0.05, 0.1) is 0 Å². The fourth-order valence-electron chi connectivity index (χ4n) is 3.47. The van der Waals surface area contributed by atoms with E-state index in [9.17, 15) is 0 Å². The van der Waals surface area contributed by atoms with Crippen LogP contribution >= 0.6 is 0 Å². The zero-order valence-electron chi connectivity index (χ0n) is 14.2. The SMILES string of the molecule is c1ccc(CN2CCC[C@@H]2c2ccc(Oc3ccccc3)nc2)cc1. The molecule has 126 valence electrons. The Hall–Kier alpha value is -2.65. The molecule has 1 aromatic heterocycles. The Labute approximate surface area is 148 Å². The Morgan fingerprint density at radius 1 is 0.920 bits per heavy atom. The van der Waals surface area contributed by atoms with Crippen molar-refractivity contribution in [2.24, 2.45) is 0 Å². The molecular formula is C22H22N2O. The monoisotopic (exact) mass is 330 g/mol. The van der Waals surface area contributed by atoms with Crippen molar-refractivity contribution < 1.29 is 4.74 Å². The lowest BCUT2D eigenvalue weighted by Crippen LogP contribution is -2.22. The quantitative estimate of drug-likeness (QED) is 0.642. The Bertz CT molecular complexity index is 787. The standard InChI is InChI=1S/C22H22N2O/c1-3-8-18(9-4-1)17-24-15-7-12-21(24)19-13-14-22(23-16-19)25-20-10-5-2-6-11-20/h1-6,8-11,13-14,16,21H,7,12,15,17H2/t21-/m1/s1. The van der Waals surface area contributed by atoms with E-state index in [1.54, 1.807) is 0 Å². The summed E-state index contributed by atoms with van der Waals surface area (Å²) in [5, 5.41) is 0. The van der Waals surface area contributed by atoms with Gasteiger partial charge in [-0.15, -0.1) is 0 Å². The molecule has 2 heterocycles. The minimum absolute atomic E-state index is 0.443. The van der Waals surface area contributed by atoms with Gasteiger partial charge < -0.3 is 4.74 Å². The molecule has 0 N–H and O–H groups in total. The van der Waals surface area contributed by atoms with Gasteiger partial charge in [-0.2, -0.15) is 0 Å². The summed E-state index contributed by atoms with van der Waals surface area (Å²) in [6.07, 6.45) is 4.39. The molecular weight excluding hydrogens is 308 g/mol. The van der Waals surface area contributed by atoms with E-state index in [0.717, 1.165) is 18.8 Å². The summed E-state index contributed by atoms with van der Waals surface area (Å²) in [5.41, 5.74) is 2.64. The fourth-order valence-corrected chi connectivity index (χ4v) is 3.47. The number of nitrogens with zero attached hydrogens (tertiary/aromatic N) is 2. The van der Waals surface area contributed by atoms with Crippen LogP contribution in [0.3, 0.4) is 0 Å². The van der Waals surface area contributed by atoms with Crippen LogP contribution in [0.4, 0.5) is 0 Å². The molecule has 0 saturated carbocycles. The molecule has 0 unspecified atom stereocenters. The van der Waals surface area contributed by atoms with E-state index in [2.05, 4.69) is 46.3 Å². The van der Waals surface area contributed by atoms with Crippen molar-refractivity contribution in [2.45, 2.75) is 25.4 Å². The van der Waals surface area contributed by atoms with Crippen molar-refractivity contribution in [1.29, 1.82) is 0 Å². The minimum atomic E-state index is 0.443. The van der Waals surface area contributed by atoms with E-state index in [1.165, 1.54) is 24.0 Å². The number of ether oxygens (including phenoxy) is 1. The van der Waals surface area contributed by atoms with Gasteiger partial charge in [-0.1, -0.05) is 54.6 Å². The van der Waals surface area contributed by atoms with Crippen LogP contribution in [0.1, 0.15) is 30.0 Å². The molecule has 3 nitrogen and oxygen atoms in total. The molecule has 4 rings (SSSR count). The molecule has 3 aromatic rings. The highest BCUT2D eigenvalue weighted by Gasteiger charge is 2.26. The first-order chi connectivity index (χ1) is 12.4. The summed E-state index contributed by atoms with van der Waals surface area (Å²) in [4.78, 5) is 7.06. The van der Waals surface area contributed by atoms with Crippen molar-refractivity contribution in [3.8, 4) is 11.6 Å². The zero-order valence-corrected chi connectivity index (χ0v) is 14.2. The normalized spacial score (nSPS) is 17.5. The van der Waals surface area contributed by atoms with Gasteiger partial charge in [-0.25, -0.2) is 4.98 Å². The maximum absolute atomic E-state index is 5.79. The van der Waals surface area contributed by atoms with Gasteiger partial charge in [-0.3, -0.25) is 4.90 Å². The number of benzene rings is 2. The van der Waals surface area contributed by atoms with Crippen LogP contribution < -0.4 is 4.74 Å². The number of hydrogen-bond acceptors (Lipinski definition) is 3. The number of hydrogen-bond donors (Lipinski definition) is 0. The summed E-state index contributed by atoms with van der Waals surface area (Å²) < 4.78 is 5.79. The topological polar surface area (TPSA) is 25.4 Å². The Kier molecular flexibility index (Phi) is 4.75. The van der Waals surface area contributed by atoms with Crippen LogP contribution in [0.25, 0.3) is 0 Å². The van der Waals surface area contributed by atoms with Crippen LogP contribution in [-0.4, -0.2) is 16.4 Å². The van der Waals surface area contributed by atoms with E-state index < -0.39 is 0 Å². The van der Waals surface area contributed by atoms with Gasteiger partial charge in [-0.05, 0) is 42.6 Å². The number of rotatable bonds is 5. The van der Waals surface area contributed by atoms with Gasteiger partial charge in [0, 0.05) is 24.8 Å². The third-order valence-electron chi connectivity index (χ3n) is 4.70. The molecule has 0 bridgehead atoms. The Balaban J connectivity index is 1.45. The predicted molar refractivity (Wildman–Crippen MR) is 99.6 cm³/mol. The summed E-state index contributed by atoms with van der Waals surface area (Å²) in [7, 11) is 0. The van der Waals surface area contributed by atoms with Crippen molar-refractivity contribution in [3.63, 3.8) is 0 Å². The van der Waals surface area contributed by atoms with Crippen molar-refractivity contribution in [1.82, 2.24) is 9.88 Å². The van der Waals surface area contributed by atoms with Crippen LogP contribution in [-0.2, 0) is 6.54 Å². The number of aromatic nitrogens is 1. The molecule has 0 radical (unpaired) electrons. The van der Waals surface area contributed by atoms with Crippen molar-refractivity contribution >= 4 is 0 Å². The van der Waals surface area contributed by atoms with Gasteiger partial charge in [0.2, 0.25) is 5.88 Å². The van der Waals surface area contributed by atoms with Crippen LogP contribution in [0.5, 0.6) is 11.6 Å². The molecule has 0 aliphatic carbocycles. The highest BCUT2D eigenvalue weighted by Crippen LogP contribution is 2.33. The summed E-state index contributed by atoms with van der Waals surface area (Å²) in [6, 6.07) is 25.0. The van der Waals surface area contributed by atoms with Crippen molar-refractivity contribution in [3.05, 3.63) is 90.1 Å². The largest absolute Gasteiger partial charge is 0.439 e. The second-order valence-corrected chi connectivity index (χ2v) is 6.46. The predicted octanol–water partition coefficient (Wildman–Crippen LogP) is 5.21. The molecule has 0 amide bonds. The third kappa shape index (κ3) is 3.89. The fraction of sp³-hybridized carbons (Fsp3) is 0.227. The van der Waals surface area contributed by atoms with Gasteiger partial charge in [0.15, 0.2) is 0 Å². The summed E-state index contributed by atoms with van der Waals surface area (Å²) in [6.45, 7) is 2.13. The minimum Gasteiger partial charge on any atom is -0.439 e. The molecule has 1 fully saturated rings. The molecule has 0 spiro atoms. The molecule has 1 saturated heterocycles. The molecule has 1 aliphatic rings. The average Bonchev–Trinajstić information content (AvgIpc) is 3.12. The Morgan fingerprint density at radius 2 is 1.68 bits per heavy atom. The zero-order chi connectivity index (χ0) is 16.9. The average molecular weight is 330 g/mol. The highest BCUT2D eigenvalue weighted by molar-refractivity contribution is 5.28. The Morgan fingerprint density at radius 3 is 2.40 bits per heavy atom. The molecule has 25 heavy (non-hydrogen) atoms. The molecule has 2 aromatic carbocycles. The maximum atomic E-state index is 5.79. The molecule has 1 aliphatic heterocycles. The van der Waals surface area contributed by atoms with E-state index in [1.807, 2.05) is 42.6 Å². The lowest BCUT2D eigenvalue weighted by molar-refractivity contribution is 0.248. The van der Waals surface area contributed by atoms with E-state index in [-0.39, 0.29) is 0 Å². The lowest BCUT2D eigenvalue weighted by Gasteiger charge is -2.24. The van der Waals surface area contributed by atoms with Crippen LogP contribution in [0.15, 0.2) is 79.0 Å². The number of likely N-dealkylation sites (tertiary alicyclic amines) is 1. The van der Waals surface area contributed by atoms with Gasteiger partial charge >= 0.3 is 0 Å². The van der Waals surface area contributed by atoms with E-state index >= 15 is 0 Å². The number of para-hydroxylation sites is 1. The van der Waals surface area contributed by atoms with Gasteiger partial charge in [0.1, 0.15) is 5.75 Å². The third-order valence-corrected chi connectivity index (χ3v) is 4.70. The first kappa shape index (κ1) is 15.9. The van der Waals surface area contributed by atoms with E-state index in [4.69, 9.17) is 4.74 Å².